The second-order valence-corrected chi connectivity index (χ2v) is 5.51. The van der Waals surface area contributed by atoms with Crippen LogP contribution in [0.25, 0.3) is 27.6 Å². The summed E-state index contributed by atoms with van der Waals surface area (Å²) in [6.07, 6.45) is -4.58. The molecule has 2 aromatic heterocycles. The first kappa shape index (κ1) is 15.4. The van der Waals surface area contributed by atoms with Crippen molar-refractivity contribution < 1.29 is 17.9 Å². The lowest BCUT2D eigenvalue weighted by atomic mass is 10.1. The average Bonchev–Trinajstić information content (AvgIpc) is 2.98. The topological polar surface area (TPSA) is 39.9 Å². The van der Waals surface area contributed by atoms with Crippen LogP contribution in [-0.2, 0) is 6.18 Å². The lowest BCUT2D eigenvalue weighted by Gasteiger charge is -2.05. The number of hydrogen-bond acceptors (Lipinski definition) is 3. The van der Waals surface area contributed by atoms with E-state index in [9.17, 15) is 13.2 Å². The maximum Gasteiger partial charge on any atom is 0.435 e. The van der Waals surface area contributed by atoms with E-state index in [1.54, 1.807) is 48.5 Å². The Labute approximate surface area is 140 Å². The number of halogens is 3. The summed E-state index contributed by atoms with van der Waals surface area (Å²) in [7, 11) is 1.50. The summed E-state index contributed by atoms with van der Waals surface area (Å²) in [5.41, 5.74) is 0.294. The molecule has 0 aliphatic carbocycles. The first-order valence-electron chi connectivity index (χ1n) is 7.47. The monoisotopic (exact) mass is 343 g/mol. The summed E-state index contributed by atoms with van der Waals surface area (Å²) in [6, 6.07) is 15.2. The molecule has 0 radical (unpaired) electrons. The van der Waals surface area contributed by atoms with Crippen LogP contribution in [0.2, 0.25) is 0 Å². The zero-order chi connectivity index (χ0) is 17.6. The second kappa shape index (κ2) is 5.47. The first-order valence-corrected chi connectivity index (χ1v) is 7.47. The van der Waals surface area contributed by atoms with E-state index in [0.717, 1.165) is 0 Å². The van der Waals surface area contributed by atoms with Gasteiger partial charge in [0.05, 0.1) is 23.7 Å². The quantitative estimate of drug-likeness (QED) is 0.534. The van der Waals surface area contributed by atoms with Crippen LogP contribution < -0.4 is 4.74 Å². The van der Waals surface area contributed by atoms with Crippen LogP contribution in [-0.4, -0.2) is 21.9 Å². The van der Waals surface area contributed by atoms with Gasteiger partial charge in [0, 0.05) is 5.39 Å². The Bertz CT molecular complexity index is 1070. The van der Waals surface area contributed by atoms with Gasteiger partial charge in [-0.3, -0.25) is 0 Å². The minimum Gasteiger partial charge on any atom is -0.497 e. The van der Waals surface area contributed by atoms with Crippen molar-refractivity contribution in [3.8, 4) is 11.4 Å². The van der Waals surface area contributed by atoms with Crippen molar-refractivity contribution in [2.45, 2.75) is 6.18 Å². The molecule has 126 valence electrons. The van der Waals surface area contributed by atoms with Crippen LogP contribution >= 0.6 is 0 Å². The molecule has 0 bridgehead atoms. The van der Waals surface area contributed by atoms with Gasteiger partial charge in [-0.15, -0.1) is 0 Å². The number of benzene rings is 2. The third-order valence-corrected chi connectivity index (χ3v) is 3.93. The van der Waals surface area contributed by atoms with Gasteiger partial charge in [0.1, 0.15) is 5.75 Å². The highest BCUT2D eigenvalue weighted by atomic mass is 19.4. The molecular weight excluding hydrogens is 331 g/mol. The minimum absolute atomic E-state index is 0.0443. The van der Waals surface area contributed by atoms with Crippen molar-refractivity contribution in [3.05, 3.63) is 60.3 Å². The van der Waals surface area contributed by atoms with Gasteiger partial charge in [-0.05, 0) is 36.4 Å². The maximum absolute atomic E-state index is 13.5. The second-order valence-electron chi connectivity index (χ2n) is 5.51. The van der Waals surface area contributed by atoms with E-state index in [1.807, 2.05) is 0 Å². The number of rotatable bonds is 2. The van der Waals surface area contributed by atoms with Crippen molar-refractivity contribution in [1.29, 1.82) is 0 Å². The van der Waals surface area contributed by atoms with E-state index in [4.69, 9.17) is 4.74 Å². The number of ether oxygens (including phenoxy) is 1. The molecule has 0 fully saturated rings. The maximum atomic E-state index is 13.5. The predicted octanol–water partition coefficient (Wildman–Crippen LogP) is 4.60. The molecule has 4 rings (SSSR count). The molecule has 0 atom stereocenters. The summed E-state index contributed by atoms with van der Waals surface area (Å²) in [4.78, 5) is 4.41. The van der Waals surface area contributed by atoms with Crippen LogP contribution in [0.5, 0.6) is 5.75 Å². The number of fused-ring (bicyclic) bond motifs is 2. The van der Waals surface area contributed by atoms with Crippen molar-refractivity contribution >= 4 is 21.9 Å². The number of alkyl halides is 3. The highest BCUT2D eigenvalue weighted by Gasteiger charge is 2.37. The fourth-order valence-corrected chi connectivity index (χ4v) is 2.77. The number of pyridine rings is 1. The summed E-state index contributed by atoms with van der Waals surface area (Å²) >= 11 is 0. The largest absolute Gasteiger partial charge is 0.497 e. The zero-order valence-corrected chi connectivity index (χ0v) is 13.1. The third-order valence-electron chi connectivity index (χ3n) is 3.93. The van der Waals surface area contributed by atoms with Crippen LogP contribution in [0.1, 0.15) is 5.69 Å². The Morgan fingerprint density at radius 1 is 1.00 bits per heavy atom. The van der Waals surface area contributed by atoms with Gasteiger partial charge < -0.3 is 4.74 Å². The summed E-state index contributed by atoms with van der Waals surface area (Å²) < 4.78 is 46.8. The van der Waals surface area contributed by atoms with E-state index in [-0.39, 0.29) is 11.0 Å². The molecule has 0 aliphatic rings. The Kier molecular flexibility index (Phi) is 3.38. The predicted molar refractivity (Wildman–Crippen MR) is 87.9 cm³/mol. The lowest BCUT2D eigenvalue weighted by molar-refractivity contribution is -0.140. The number of methoxy groups -OCH3 is 1. The van der Waals surface area contributed by atoms with Crippen molar-refractivity contribution in [2.24, 2.45) is 0 Å². The normalized spacial score (nSPS) is 12.0. The van der Waals surface area contributed by atoms with Crippen LogP contribution in [0.4, 0.5) is 13.2 Å². The molecule has 0 amide bonds. The van der Waals surface area contributed by atoms with Gasteiger partial charge in [-0.2, -0.15) is 18.3 Å². The highest BCUT2D eigenvalue weighted by molar-refractivity contribution is 5.94. The molecular formula is C18H12F3N3O. The molecule has 2 aromatic carbocycles. The molecule has 25 heavy (non-hydrogen) atoms. The number of para-hydroxylation sites is 1. The third kappa shape index (κ3) is 2.57. The van der Waals surface area contributed by atoms with E-state index in [0.29, 0.717) is 22.3 Å². The van der Waals surface area contributed by atoms with Crippen LogP contribution in [0.3, 0.4) is 0 Å². The van der Waals surface area contributed by atoms with Crippen molar-refractivity contribution in [3.63, 3.8) is 0 Å². The van der Waals surface area contributed by atoms with Crippen molar-refractivity contribution in [2.75, 3.05) is 7.11 Å². The van der Waals surface area contributed by atoms with E-state index >= 15 is 0 Å². The molecule has 0 saturated carbocycles. The first-order chi connectivity index (χ1) is 12.0. The Hall–Kier alpha value is -3.09. The lowest BCUT2D eigenvalue weighted by Crippen LogP contribution is -2.07. The Morgan fingerprint density at radius 3 is 2.44 bits per heavy atom. The summed E-state index contributed by atoms with van der Waals surface area (Å²) in [5, 5.41) is 4.31. The summed E-state index contributed by atoms with van der Waals surface area (Å²) in [5.74, 6) is 0.553. The molecule has 7 heteroatoms. The SMILES string of the molecule is COc1ccc2nc3c(cc2c1)c(C(F)(F)F)nn3-c1ccccc1. The van der Waals surface area contributed by atoms with Gasteiger partial charge in [-0.25, -0.2) is 9.67 Å². The molecule has 4 nitrogen and oxygen atoms in total. The number of hydrogen-bond donors (Lipinski definition) is 0. The van der Waals surface area contributed by atoms with Gasteiger partial charge in [0.15, 0.2) is 11.3 Å². The fraction of sp³-hybridized carbons (Fsp3) is 0.111. The smallest absolute Gasteiger partial charge is 0.435 e. The minimum atomic E-state index is -4.58. The molecule has 0 spiro atoms. The van der Waals surface area contributed by atoms with E-state index < -0.39 is 11.9 Å². The van der Waals surface area contributed by atoms with Gasteiger partial charge in [0.2, 0.25) is 0 Å². The van der Waals surface area contributed by atoms with Gasteiger partial charge in [-0.1, -0.05) is 18.2 Å². The Balaban J connectivity index is 2.08. The average molecular weight is 343 g/mol. The Morgan fingerprint density at radius 2 is 1.76 bits per heavy atom. The molecule has 0 aliphatic heterocycles. The molecule has 0 unspecified atom stereocenters. The van der Waals surface area contributed by atoms with Crippen LogP contribution in [0.15, 0.2) is 54.6 Å². The number of aromatic nitrogens is 3. The highest BCUT2D eigenvalue weighted by Crippen LogP contribution is 2.36. The van der Waals surface area contributed by atoms with Gasteiger partial charge >= 0.3 is 6.18 Å². The molecule has 4 aromatic rings. The summed E-state index contributed by atoms with van der Waals surface area (Å²) in [6.45, 7) is 0. The van der Waals surface area contributed by atoms with Crippen LogP contribution in [0, 0.1) is 0 Å². The molecule has 2 heterocycles. The van der Waals surface area contributed by atoms with Gasteiger partial charge in [0.25, 0.3) is 0 Å². The molecule has 0 saturated heterocycles. The van der Waals surface area contributed by atoms with Crippen molar-refractivity contribution in [1.82, 2.24) is 14.8 Å². The fourth-order valence-electron chi connectivity index (χ4n) is 2.77. The zero-order valence-electron chi connectivity index (χ0n) is 13.1. The van der Waals surface area contributed by atoms with E-state index in [2.05, 4.69) is 10.1 Å². The number of nitrogens with zero attached hydrogens (tertiary/aromatic N) is 3. The van der Waals surface area contributed by atoms with E-state index in [1.165, 1.54) is 17.9 Å². The standard InChI is InChI=1S/C18H12F3N3O/c1-25-13-7-8-15-11(9-13)10-14-16(18(19,20)21)23-24(17(14)22-15)12-5-3-2-4-6-12/h2-10H,1H3. The molecule has 0 N–H and O–H groups in total.